The number of aromatic nitrogens is 2. The number of carbonyl (C=O) groups excluding carboxylic acids is 3. The fraction of sp³-hybridized carbons (Fsp3) is 0.435. The summed E-state index contributed by atoms with van der Waals surface area (Å²) in [5.41, 5.74) is 7.43. The number of hydrogen-bond donors (Lipinski definition) is 7. The Kier molecular flexibility index (Phi) is 9.31. The molecule has 1 fully saturated rings. The average molecular weight is 519 g/mol. The smallest absolute Gasteiger partial charge is 0.327 e. The summed E-state index contributed by atoms with van der Waals surface area (Å²) in [4.78, 5) is 58.7. The van der Waals surface area contributed by atoms with Crippen molar-refractivity contribution >= 4 is 36.3 Å². The second kappa shape index (κ2) is 12.4. The van der Waals surface area contributed by atoms with Gasteiger partial charge in [-0.3, -0.25) is 14.4 Å². The molecule has 2 heterocycles. The van der Waals surface area contributed by atoms with E-state index in [9.17, 15) is 29.4 Å². The van der Waals surface area contributed by atoms with Crippen molar-refractivity contribution in [3.05, 3.63) is 48.0 Å². The summed E-state index contributed by atoms with van der Waals surface area (Å²) in [5.74, 6) is -2.85. The number of carboxylic acid groups (broad SMARTS) is 1. The van der Waals surface area contributed by atoms with E-state index in [4.69, 9.17) is 5.73 Å². The third-order valence-electron chi connectivity index (χ3n) is 5.96. The first-order chi connectivity index (χ1) is 17.2. The van der Waals surface area contributed by atoms with Crippen molar-refractivity contribution in [3.63, 3.8) is 0 Å². The van der Waals surface area contributed by atoms with E-state index < -0.39 is 47.9 Å². The van der Waals surface area contributed by atoms with Crippen LogP contribution in [0, 0.1) is 0 Å². The predicted octanol–water partition coefficient (Wildman–Crippen LogP) is -0.797. The molecule has 3 rings (SSSR count). The molecule has 1 saturated heterocycles. The van der Waals surface area contributed by atoms with Crippen LogP contribution in [-0.2, 0) is 32.0 Å². The molecule has 12 nitrogen and oxygen atoms in total. The molecule has 13 heteroatoms. The lowest BCUT2D eigenvalue weighted by molar-refractivity contribution is -0.144. The van der Waals surface area contributed by atoms with E-state index in [1.54, 1.807) is 12.1 Å². The molecule has 0 radical (unpaired) electrons. The number of carboxylic acids is 1. The number of aromatic amines is 1. The molecule has 1 aromatic heterocycles. The number of hydrogen-bond acceptors (Lipinski definition) is 8. The number of nitrogens with zero attached hydrogens (tertiary/aromatic N) is 2. The molecular formula is C23H30N6O6S. The van der Waals surface area contributed by atoms with Crippen LogP contribution in [0.25, 0.3) is 0 Å². The SMILES string of the molecule is NC(Cc1ccc(O)cc1)C(=O)NC(Cc1cnc[nH]1)C(=O)N1CCCC1C(=O)NC(CS)C(=O)O. The molecular weight excluding hydrogens is 488 g/mol. The van der Waals surface area contributed by atoms with Gasteiger partial charge >= 0.3 is 5.97 Å². The highest BCUT2D eigenvalue weighted by molar-refractivity contribution is 7.80. The van der Waals surface area contributed by atoms with Crippen LogP contribution in [0.15, 0.2) is 36.8 Å². The molecule has 194 valence electrons. The van der Waals surface area contributed by atoms with E-state index in [0.717, 1.165) is 5.56 Å². The largest absolute Gasteiger partial charge is 0.508 e. The van der Waals surface area contributed by atoms with Crippen LogP contribution in [0.2, 0.25) is 0 Å². The fourth-order valence-electron chi connectivity index (χ4n) is 4.03. The maximum atomic E-state index is 13.5. The third kappa shape index (κ3) is 6.98. The number of imidazole rings is 1. The molecule has 1 aromatic carbocycles. The molecule has 2 aromatic rings. The lowest BCUT2D eigenvalue weighted by Crippen LogP contribution is -2.57. The van der Waals surface area contributed by atoms with Gasteiger partial charge in [-0.2, -0.15) is 12.6 Å². The molecule has 0 spiro atoms. The Hall–Kier alpha value is -3.58. The van der Waals surface area contributed by atoms with E-state index in [2.05, 4.69) is 33.2 Å². The summed E-state index contributed by atoms with van der Waals surface area (Å²) < 4.78 is 0. The summed E-state index contributed by atoms with van der Waals surface area (Å²) in [6, 6.07) is 2.24. The van der Waals surface area contributed by atoms with E-state index in [-0.39, 0.29) is 30.9 Å². The van der Waals surface area contributed by atoms with Crippen LogP contribution >= 0.6 is 12.6 Å². The van der Waals surface area contributed by atoms with E-state index in [1.807, 2.05) is 0 Å². The monoisotopic (exact) mass is 518 g/mol. The number of rotatable bonds is 11. The highest BCUT2D eigenvalue weighted by Crippen LogP contribution is 2.20. The number of nitrogens with two attached hydrogens (primary N) is 1. The Balaban J connectivity index is 1.72. The van der Waals surface area contributed by atoms with Crippen LogP contribution in [0.5, 0.6) is 5.75 Å². The Labute approximate surface area is 213 Å². The molecule has 0 saturated carbocycles. The second-order valence-corrected chi connectivity index (χ2v) is 8.96. The summed E-state index contributed by atoms with van der Waals surface area (Å²) in [5, 5.41) is 23.8. The molecule has 0 bridgehead atoms. The third-order valence-corrected chi connectivity index (χ3v) is 6.32. The van der Waals surface area contributed by atoms with Crippen molar-refractivity contribution < 1.29 is 29.4 Å². The summed E-state index contributed by atoms with van der Waals surface area (Å²) in [6.07, 6.45) is 4.17. The van der Waals surface area contributed by atoms with E-state index >= 15 is 0 Å². The number of phenols is 1. The van der Waals surface area contributed by atoms with Gasteiger partial charge in [-0.1, -0.05) is 12.1 Å². The topological polar surface area (TPSA) is 191 Å². The molecule has 3 amide bonds. The Morgan fingerprint density at radius 3 is 2.50 bits per heavy atom. The highest BCUT2D eigenvalue weighted by Gasteiger charge is 2.39. The molecule has 4 unspecified atom stereocenters. The van der Waals surface area contributed by atoms with Gasteiger partial charge in [-0.25, -0.2) is 9.78 Å². The van der Waals surface area contributed by atoms with Crippen molar-refractivity contribution in [2.45, 2.75) is 49.9 Å². The Morgan fingerprint density at radius 1 is 1.17 bits per heavy atom. The number of nitrogens with one attached hydrogen (secondary N) is 3. The first-order valence-corrected chi connectivity index (χ1v) is 12.1. The predicted molar refractivity (Wildman–Crippen MR) is 132 cm³/mol. The normalized spacial score (nSPS) is 17.7. The van der Waals surface area contributed by atoms with Crippen molar-refractivity contribution in [1.82, 2.24) is 25.5 Å². The summed E-state index contributed by atoms with van der Waals surface area (Å²) in [7, 11) is 0. The van der Waals surface area contributed by atoms with E-state index in [0.29, 0.717) is 18.5 Å². The molecule has 1 aliphatic heterocycles. The standard InChI is InChI=1S/C23H30N6O6S/c24-16(8-13-3-5-15(30)6-4-13)20(31)27-17(9-14-10-25-12-26-14)22(33)29-7-1-2-19(29)21(32)28-18(11-36)23(34)35/h3-6,10,12,16-19,30,36H,1-2,7-9,11,24H2,(H,25,26)(H,27,31)(H,28,32)(H,34,35). The molecule has 36 heavy (non-hydrogen) atoms. The van der Waals surface area contributed by atoms with Gasteiger partial charge in [0, 0.05) is 30.6 Å². The van der Waals surface area contributed by atoms with Gasteiger partial charge in [0.15, 0.2) is 0 Å². The van der Waals surface area contributed by atoms with Crippen LogP contribution in [0.3, 0.4) is 0 Å². The zero-order valence-electron chi connectivity index (χ0n) is 19.5. The summed E-state index contributed by atoms with van der Waals surface area (Å²) >= 11 is 3.96. The van der Waals surface area contributed by atoms with Gasteiger partial charge in [0.05, 0.1) is 12.4 Å². The Bertz CT molecular complexity index is 1060. The molecule has 4 atom stereocenters. The molecule has 0 aliphatic carbocycles. The zero-order valence-corrected chi connectivity index (χ0v) is 20.4. The quantitative estimate of drug-likeness (QED) is 0.188. The number of amides is 3. The van der Waals surface area contributed by atoms with E-state index in [1.165, 1.54) is 29.6 Å². The van der Waals surface area contributed by atoms with Crippen molar-refractivity contribution in [1.29, 1.82) is 0 Å². The minimum atomic E-state index is -1.22. The minimum absolute atomic E-state index is 0.0928. The number of carbonyl (C=O) groups is 4. The molecule has 1 aliphatic rings. The summed E-state index contributed by atoms with van der Waals surface area (Å²) in [6.45, 7) is 0.282. The average Bonchev–Trinajstić information content (AvgIpc) is 3.55. The van der Waals surface area contributed by atoms with Crippen LogP contribution in [-0.4, -0.2) is 85.2 Å². The van der Waals surface area contributed by atoms with Crippen molar-refractivity contribution in [2.75, 3.05) is 12.3 Å². The maximum absolute atomic E-state index is 13.5. The minimum Gasteiger partial charge on any atom is -0.508 e. The number of aromatic hydroxyl groups is 1. The number of aliphatic carboxylic acids is 1. The van der Waals surface area contributed by atoms with Gasteiger partial charge in [0.1, 0.15) is 23.9 Å². The van der Waals surface area contributed by atoms with Crippen molar-refractivity contribution in [2.24, 2.45) is 5.73 Å². The fourth-order valence-corrected chi connectivity index (χ4v) is 4.28. The number of thiol groups is 1. The number of benzene rings is 1. The van der Waals surface area contributed by atoms with Crippen molar-refractivity contribution in [3.8, 4) is 5.75 Å². The Morgan fingerprint density at radius 2 is 1.89 bits per heavy atom. The van der Waals surface area contributed by atoms with Crippen LogP contribution in [0.4, 0.5) is 0 Å². The maximum Gasteiger partial charge on any atom is 0.327 e. The first-order valence-electron chi connectivity index (χ1n) is 11.4. The molecule has 7 N–H and O–H groups in total. The number of H-pyrrole nitrogens is 1. The second-order valence-electron chi connectivity index (χ2n) is 8.59. The van der Waals surface area contributed by atoms with Crippen LogP contribution < -0.4 is 16.4 Å². The van der Waals surface area contributed by atoms with Crippen LogP contribution in [0.1, 0.15) is 24.1 Å². The lowest BCUT2D eigenvalue weighted by atomic mass is 10.0. The van der Waals surface area contributed by atoms with Gasteiger partial charge in [-0.05, 0) is 37.0 Å². The number of likely N-dealkylation sites (tertiary alicyclic amines) is 1. The highest BCUT2D eigenvalue weighted by atomic mass is 32.1. The lowest BCUT2D eigenvalue weighted by Gasteiger charge is -2.29. The zero-order chi connectivity index (χ0) is 26.2. The first kappa shape index (κ1) is 27.0. The van der Waals surface area contributed by atoms with Gasteiger partial charge in [0.25, 0.3) is 0 Å². The number of phenolic OH excluding ortho intramolecular Hbond substituents is 1. The van der Waals surface area contributed by atoms with Gasteiger partial charge < -0.3 is 36.5 Å². The van der Waals surface area contributed by atoms with Gasteiger partial charge in [-0.15, -0.1) is 0 Å². The van der Waals surface area contributed by atoms with Gasteiger partial charge in [0.2, 0.25) is 17.7 Å².